The number of nitrogens with two attached hydrogens (primary N) is 1. The molecule has 6 heteroatoms. The van der Waals surface area contributed by atoms with E-state index >= 15 is 0 Å². The number of methoxy groups -OCH3 is 1. The minimum atomic E-state index is -0.584. The molecule has 1 aromatic carbocycles. The van der Waals surface area contributed by atoms with E-state index in [4.69, 9.17) is 10.5 Å². The minimum absolute atomic E-state index is 0.119. The molecule has 2 fully saturated rings. The van der Waals surface area contributed by atoms with Gasteiger partial charge in [-0.05, 0) is 48.3 Å². The maximum Gasteiger partial charge on any atom is 0.322 e. The van der Waals surface area contributed by atoms with Crippen LogP contribution in [-0.2, 0) is 0 Å². The third kappa shape index (κ3) is 3.43. The molecule has 1 saturated heterocycles. The predicted octanol–water partition coefficient (Wildman–Crippen LogP) is 3.23. The van der Waals surface area contributed by atoms with Gasteiger partial charge >= 0.3 is 6.03 Å². The Balaban J connectivity index is 1.77. The number of carbonyl (C=O) groups excluding carboxylic acids is 2. The highest BCUT2D eigenvalue weighted by atomic mass is 16.5. The average molecular weight is 345 g/mol. The van der Waals surface area contributed by atoms with Crippen molar-refractivity contribution in [2.75, 3.05) is 19.0 Å². The molecule has 6 nitrogen and oxygen atoms in total. The molecule has 1 saturated carbocycles. The molecule has 0 spiro atoms. The average Bonchev–Trinajstić information content (AvgIpc) is 2.76. The third-order valence-electron chi connectivity index (χ3n) is 5.39. The molecular weight excluding hydrogens is 318 g/mol. The number of rotatable bonds is 3. The van der Waals surface area contributed by atoms with Crippen LogP contribution in [0.1, 0.15) is 50.4 Å². The van der Waals surface area contributed by atoms with Crippen LogP contribution in [0, 0.1) is 10.8 Å². The van der Waals surface area contributed by atoms with Crippen LogP contribution in [0.25, 0.3) is 0 Å². The number of primary amides is 1. The zero-order valence-electron chi connectivity index (χ0n) is 15.4. The fourth-order valence-electron chi connectivity index (χ4n) is 4.87. The quantitative estimate of drug-likeness (QED) is 0.882. The zero-order chi connectivity index (χ0) is 18.4. The van der Waals surface area contributed by atoms with Gasteiger partial charge in [-0.15, -0.1) is 0 Å². The molecule has 2 aliphatic rings. The van der Waals surface area contributed by atoms with Crippen LogP contribution in [-0.4, -0.2) is 36.5 Å². The molecule has 3 rings (SSSR count). The Labute approximate surface area is 148 Å². The van der Waals surface area contributed by atoms with Crippen molar-refractivity contribution in [3.05, 3.63) is 23.8 Å². The first-order valence-electron chi connectivity index (χ1n) is 8.68. The monoisotopic (exact) mass is 345 g/mol. The number of anilines is 1. The summed E-state index contributed by atoms with van der Waals surface area (Å²) in [5.41, 5.74) is 6.63. The van der Waals surface area contributed by atoms with Gasteiger partial charge in [-0.3, -0.25) is 4.79 Å². The number of hydrogen-bond acceptors (Lipinski definition) is 3. The number of ether oxygens (including phenoxy) is 1. The van der Waals surface area contributed by atoms with Crippen molar-refractivity contribution < 1.29 is 14.3 Å². The standard InChI is InChI=1S/C19H27N3O3/c1-18(2)8-13-9-19(3,10-18)11-22(13)17(24)21-12-5-6-15(25-4)14(7-12)16(20)23/h5-7,13H,8-11H2,1-4H3,(H2,20,23)(H,21,24). The van der Waals surface area contributed by atoms with E-state index in [1.807, 2.05) is 4.90 Å². The summed E-state index contributed by atoms with van der Waals surface area (Å²) in [7, 11) is 1.48. The van der Waals surface area contributed by atoms with Crippen molar-refractivity contribution >= 4 is 17.6 Å². The fourth-order valence-corrected chi connectivity index (χ4v) is 4.87. The Bertz CT molecular complexity index is 716. The summed E-state index contributed by atoms with van der Waals surface area (Å²) in [5, 5.41) is 2.91. The minimum Gasteiger partial charge on any atom is -0.496 e. The summed E-state index contributed by atoms with van der Waals surface area (Å²) < 4.78 is 5.14. The highest BCUT2D eigenvalue weighted by molar-refractivity contribution is 5.98. The van der Waals surface area contributed by atoms with E-state index < -0.39 is 5.91 Å². The van der Waals surface area contributed by atoms with Gasteiger partial charge in [-0.1, -0.05) is 20.8 Å². The maximum absolute atomic E-state index is 12.8. The molecule has 3 N–H and O–H groups in total. The number of amides is 3. The largest absolute Gasteiger partial charge is 0.496 e. The highest BCUT2D eigenvalue weighted by Crippen LogP contribution is 2.52. The summed E-state index contributed by atoms with van der Waals surface area (Å²) in [6, 6.07) is 5.07. The van der Waals surface area contributed by atoms with Crippen LogP contribution < -0.4 is 15.8 Å². The lowest BCUT2D eigenvalue weighted by atomic mass is 9.65. The molecule has 1 aromatic rings. The van der Waals surface area contributed by atoms with Crippen LogP contribution in [0.3, 0.4) is 0 Å². The summed E-state index contributed by atoms with van der Waals surface area (Å²) in [6.07, 6.45) is 3.21. The van der Waals surface area contributed by atoms with E-state index in [9.17, 15) is 9.59 Å². The second-order valence-electron chi connectivity index (χ2n) is 8.55. The lowest BCUT2D eigenvalue weighted by molar-refractivity contribution is 0.0997. The van der Waals surface area contributed by atoms with Crippen LogP contribution in [0.5, 0.6) is 5.75 Å². The molecule has 2 atom stereocenters. The van der Waals surface area contributed by atoms with Gasteiger partial charge in [-0.2, -0.15) is 0 Å². The maximum atomic E-state index is 12.8. The molecule has 1 aliphatic carbocycles. The third-order valence-corrected chi connectivity index (χ3v) is 5.39. The first-order valence-corrected chi connectivity index (χ1v) is 8.68. The highest BCUT2D eigenvalue weighted by Gasteiger charge is 2.51. The number of fused-ring (bicyclic) bond motifs is 2. The number of benzene rings is 1. The summed E-state index contributed by atoms with van der Waals surface area (Å²) in [6.45, 7) is 7.60. The van der Waals surface area contributed by atoms with Crippen LogP contribution in [0.15, 0.2) is 18.2 Å². The number of nitrogens with one attached hydrogen (secondary N) is 1. The molecule has 2 unspecified atom stereocenters. The number of hydrogen-bond donors (Lipinski definition) is 2. The van der Waals surface area contributed by atoms with E-state index in [1.54, 1.807) is 18.2 Å². The number of carbonyl (C=O) groups is 2. The summed E-state index contributed by atoms with van der Waals surface area (Å²) in [4.78, 5) is 26.3. The number of nitrogens with zero attached hydrogens (tertiary/aromatic N) is 1. The van der Waals surface area contributed by atoms with Crippen molar-refractivity contribution in [2.45, 2.75) is 46.1 Å². The predicted molar refractivity (Wildman–Crippen MR) is 96.8 cm³/mol. The number of likely N-dealkylation sites (tertiary alicyclic amines) is 1. The topological polar surface area (TPSA) is 84.7 Å². The Hall–Kier alpha value is -2.24. The van der Waals surface area contributed by atoms with Gasteiger partial charge in [0.1, 0.15) is 5.75 Å². The van der Waals surface area contributed by atoms with E-state index in [2.05, 4.69) is 26.1 Å². The van der Waals surface area contributed by atoms with Crippen LogP contribution in [0.4, 0.5) is 10.5 Å². The van der Waals surface area contributed by atoms with Crippen molar-refractivity contribution in [2.24, 2.45) is 16.6 Å². The smallest absolute Gasteiger partial charge is 0.322 e. The zero-order valence-corrected chi connectivity index (χ0v) is 15.4. The van der Waals surface area contributed by atoms with Crippen molar-refractivity contribution in [1.82, 2.24) is 4.90 Å². The summed E-state index contributed by atoms with van der Waals surface area (Å²) >= 11 is 0. The molecule has 1 heterocycles. The second-order valence-corrected chi connectivity index (χ2v) is 8.55. The van der Waals surface area contributed by atoms with Crippen LogP contribution in [0.2, 0.25) is 0 Å². The first kappa shape index (κ1) is 17.6. The van der Waals surface area contributed by atoms with Gasteiger partial charge < -0.3 is 20.7 Å². The van der Waals surface area contributed by atoms with Crippen molar-refractivity contribution in [3.63, 3.8) is 0 Å². The Kier molecular flexibility index (Phi) is 4.17. The van der Waals surface area contributed by atoms with E-state index in [0.717, 1.165) is 25.8 Å². The molecule has 3 amide bonds. The molecule has 136 valence electrons. The fraction of sp³-hybridized carbons (Fsp3) is 0.579. The lowest BCUT2D eigenvalue weighted by Gasteiger charge is -2.39. The summed E-state index contributed by atoms with van der Waals surface area (Å²) in [5.74, 6) is -0.184. The Morgan fingerprint density at radius 2 is 2.00 bits per heavy atom. The number of urea groups is 1. The van der Waals surface area contributed by atoms with Gasteiger partial charge in [0, 0.05) is 18.3 Å². The molecular formula is C19H27N3O3. The first-order chi connectivity index (χ1) is 11.6. The Morgan fingerprint density at radius 1 is 1.28 bits per heavy atom. The molecule has 2 bridgehead atoms. The van der Waals surface area contributed by atoms with Gasteiger partial charge in [-0.25, -0.2) is 4.79 Å². The van der Waals surface area contributed by atoms with Gasteiger partial charge in [0.25, 0.3) is 5.91 Å². The van der Waals surface area contributed by atoms with Gasteiger partial charge in [0.05, 0.1) is 12.7 Å². The normalized spacial score (nSPS) is 27.0. The van der Waals surface area contributed by atoms with Crippen molar-refractivity contribution in [1.29, 1.82) is 0 Å². The van der Waals surface area contributed by atoms with Gasteiger partial charge in [0.15, 0.2) is 0 Å². The molecule has 0 aromatic heterocycles. The second kappa shape index (κ2) is 5.93. The van der Waals surface area contributed by atoms with E-state index in [0.29, 0.717) is 11.4 Å². The molecule has 0 radical (unpaired) electrons. The Morgan fingerprint density at radius 3 is 2.64 bits per heavy atom. The lowest BCUT2D eigenvalue weighted by Crippen LogP contribution is -2.40. The molecule has 1 aliphatic heterocycles. The van der Waals surface area contributed by atoms with Crippen molar-refractivity contribution in [3.8, 4) is 5.75 Å². The van der Waals surface area contributed by atoms with Crippen LogP contribution >= 0.6 is 0 Å². The SMILES string of the molecule is COc1ccc(NC(=O)N2CC3(C)CC2CC(C)(C)C3)cc1C(N)=O. The molecule has 25 heavy (non-hydrogen) atoms. The van der Waals surface area contributed by atoms with E-state index in [1.165, 1.54) is 7.11 Å². The van der Waals surface area contributed by atoms with Gasteiger partial charge in [0.2, 0.25) is 0 Å². The van der Waals surface area contributed by atoms with E-state index in [-0.39, 0.29) is 28.5 Å².